The third kappa shape index (κ3) is 1.62. The molecule has 2 rings (SSSR count). The quantitative estimate of drug-likeness (QED) is 0.676. The summed E-state index contributed by atoms with van der Waals surface area (Å²) in [7, 11) is 0. The molecule has 1 N–H and O–H groups in total. The molecule has 0 bridgehead atoms. The summed E-state index contributed by atoms with van der Waals surface area (Å²) in [6.45, 7) is 1.73. The lowest BCUT2D eigenvalue weighted by Crippen LogP contribution is -2.40. The number of likely N-dealkylation sites (tertiary alicyclic amines) is 1. The van der Waals surface area contributed by atoms with Crippen LogP contribution in [-0.2, 0) is 14.4 Å². The number of rotatable bonds is 4. The smallest absolute Gasteiger partial charge is 0.303 e. The first-order valence-corrected chi connectivity index (χ1v) is 5.11. The zero-order valence-electron chi connectivity index (χ0n) is 8.47. The molecule has 1 saturated carbocycles. The first-order valence-electron chi connectivity index (χ1n) is 5.11. The van der Waals surface area contributed by atoms with Gasteiger partial charge in [-0.1, -0.05) is 0 Å². The van der Waals surface area contributed by atoms with Gasteiger partial charge in [0, 0.05) is 12.5 Å². The number of carbonyl (C=O) groups is 3. The highest BCUT2D eigenvalue weighted by Crippen LogP contribution is 2.47. The van der Waals surface area contributed by atoms with Gasteiger partial charge in [-0.05, 0) is 19.8 Å². The van der Waals surface area contributed by atoms with Crippen LogP contribution >= 0.6 is 0 Å². The number of aliphatic carboxylic acids is 1. The molecule has 0 spiro atoms. The van der Waals surface area contributed by atoms with Crippen molar-refractivity contribution in [3.63, 3.8) is 0 Å². The number of fused-ring (bicyclic) bond motifs is 1. The van der Waals surface area contributed by atoms with Crippen LogP contribution in [0.15, 0.2) is 0 Å². The number of carbonyl (C=O) groups excluding carboxylic acids is 2. The van der Waals surface area contributed by atoms with E-state index in [4.69, 9.17) is 5.11 Å². The molecule has 0 radical (unpaired) electrons. The van der Waals surface area contributed by atoms with Crippen LogP contribution in [0, 0.1) is 11.8 Å². The summed E-state index contributed by atoms with van der Waals surface area (Å²) < 4.78 is 0. The molecule has 2 fully saturated rings. The molecule has 82 valence electrons. The summed E-state index contributed by atoms with van der Waals surface area (Å²) in [5.74, 6) is -1.30. The van der Waals surface area contributed by atoms with Crippen LogP contribution in [0.5, 0.6) is 0 Å². The molecular formula is C10H13NO4. The Kier molecular flexibility index (Phi) is 2.25. The molecular weight excluding hydrogens is 198 g/mol. The lowest BCUT2D eigenvalue weighted by molar-refractivity contribution is -0.145. The van der Waals surface area contributed by atoms with Crippen molar-refractivity contribution in [1.82, 2.24) is 4.90 Å². The molecule has 0 aromatic heterocycles. The van der Waals surface area contributed by atoms with Crippen molar-refractivity contribution in [2.75, 3.05) is 0 Å². The number of hydrogen-bond acceptors (Lipinski definition) is 3. The van der Waals surface area contributed by atoms with Gasteiger partial charge in [0.05, 0.1) is 11.8 Å². The molecule has 1 aliphatic carbocycles. The molecule has 15 heavy (non-hydrogen) atoms. The Morgan fingerprint density at radius 1 is 1.47 bits per heavy atom. The first kappa shape index (κ1) is 10.1. The number of piperidine rings is 1. The average molecular weight is 211 g/mol. The van der Waals surface area contributed by atoms with Crippen molar-refractivity contribution in [3.05, 3.63) is 0 Å². The Balaban J connectivity index is 1.96. The van der Waals surface area contributed by atoms with Gasteiger partial charge in [0.1, 0.15) is 0 Å². The number of amides is 2. The van der Waals surface area contributed by atoms with E-state index in [-0.39, 0.29) is 36.1 Å². The van der Waals surface area contributed by atoms with E-state index in [1.165, 1.54) is 4.90 Å². The van der Waals surface area contributed by atoms with E-state index in [9.17, 15) is 14.4 Å². The molecule has 1 saturated heterocycles. The minimum atomic E-state index is -0.897. The summed E-state index contributed by atoms with van der Waals surface area (Å²) in [4.78, 5) is 34.8. The maximum Gasteiger partial charge on any atom is 0.303 e. The molecule has 1 heterocycles. The van der Waals surface area contributed by atoms with Crippen molar-refractivity contribution in [1.29, 1.82) is 0 Å². The number of hydrogen-bond donors (Lipinski definition) is 1. The van der Waals surface area contributed by atoms with E-state index in [2.05, 4.69) is 0 Å². The Hall–Kier alpha value is -1.39. The summed E-state index contributed by atoms with van der Waals surface area (Å²) >= 11 is 0. The predicted molar refractivity (Wildman–Crippen MR) is 49.8 cm³/mol. The molecule has 1 aliphatic heterocycles. The number of nitrogens with zero attached hydrogens (tertiary/aromatic N) is 1. The van der Waals surface area contributed by atoms with E-state index < -0.39 is 5.97 Å². The van der Waals surface area contributed by atoms with Crippen LogP contribution in [0.1, 0.15) is 26.2 Å². The van der Waals surface area contributed by atoms with Gasteiger partial charge < -0.3 is 5.11 Å². The molecule has 5 nitrogen and oxygen atoms in total. The lowest BCUT2D eigenvalue weighted by atomic mass is 10.1. The van der Waals surface area contributed by atoms with E-state index in [1.54, 1.807) is 6.92 Å². The third-order valence-electron chi connectivity index (χ3n) is 3.12. The van der Waals surface area contributed by atoms with E-state index in [1.807, 2.05) is 0 Å². The van der Waals surface area contributed by atoms with E-state index in [0.29, 0.717) is 12.8 Å². The van der Waals surface area contributed by atoms with Crippen molar-refractivity contribution >= 4 is 17.8 Å². The number of carboxylic acid groups (broad SMARTS) is 1. The second-order valence-corrected chi connectivity index (χ2v) is 4.28. The summed E-state index contributed by atoms with van der Waals surface area (Å²) in [6.07, 6.45) is 1.03. The SMILES string of the molecule is CC(CCC(=O)O)N1C(=O)C2CC2C1=O. The molecule has 5 heteroatoms. The van der Waals surface area contributed by atoms with Crippen molar-refractivity contribution in [2.24, 2.45) is 11.8 Å². The summed E-state index contributed by atoms with van der Waals surface area (Å²) in [5.41, 5.74) is 0. The maximum atomic E-state index is 11.6. The minimum Gasteiger partial charge on any atom is -0.481 e. The zero-order chi connectivity index (χ0) is 11.2. The third-order valence-corrected chi connectivity index (χ3v) is 3.12. The van der Waals surface area contributed by atoms with Crippen molar-refractivity contribution < 1.29 is 19.5 Å². The monoisotopic (exact) mass is 211 g/mol. The fourth-order valence-electron chi connectivity index (χ4n) is 2.10. The maximum absolute atomic E-state index is 11.6. The highest BCUT2D eigenvalue weighted by Gasteiger charge is 2.59. The van der Waals surface area contributed by atoms with Gasteiger partial charge in [-0.25, -0.2) is 0 Å². The number of imide groups is 1. The van der Waals surface area contributed by atoms with Crippen LogP contribution < -0.4 is 0 Å². The Morgan fingerprint density at radius 2 is 2.00 bits per heavy atom. The molecule has 0 aromatic rings. The standard InChI is InChI=1S/C10H13NO4/c1-5(2-3-8(12)13)11-9(14)6-4-7(6)10(11)15/h5-7H,2-4H2,1H3,(H,12,13). The normalized spacial score (nSPS) is 30.3. The molecule has 2 amide bonds. The predicted octanol–water partition coefficient (Wildman–Crippen LogP) is 0.245. The van der Waals surface area contributed by atoms with Crippen molar-refractivity contribution in [2.45, 2.75) is 32.2 Å². The topological polar surface area (TPSA) is 74.7 Å². The van der Waals surface area contributed by atoms with Gasteiger partial charge >= 0.3 is 5.97 Å². The highest BCUT2D eigenvalue weighted by atomic mass is 16.4. The second kappa shape index (κ2) is 3.32. The molecule has 0 aromatic carbocycles. The van der Waals surface area contributed by atoms with Crippen LogP contribution in [0.25, 0.3) is 0 Å². The van der Waals surface area contributed by atoms with Crippen LogP contribution in [0.4, 0.5) is 0 Å². The van der Waals surface area contributed by atoms with Crippen LogP contribution in [-0.4, -0.2) is 33.8 Å². The Labute approximate surface area is 87.1 Å². The van der Waals surface area contributed by atoms with E-state index >= 15 is 0 Å². The molecule has 3 atom stereocenters. The van der Waals surface area contributed by atoms with Gasteiger partial charge in [-0.3, -0.25) is 19.3 Å². The van der Waals surface area contributed by atoms with E-state index in [0.717, 1.165) is 0 Å². The average Bonchev–Trinajstić information content (AvgIpc) is 2.89. The molecule has 3 unspecified atom stereocenters. The van der Waals surface area contributed by atoms with Crippen LogP contribution in [0.2, 0.25) is 0 Å². The van der Waals surface area contributed by atoms with Crippen LogP contribution in [0.3, 0.4) is 0 Å². The second-order valence-electron chi connectivity index (χ2n) is 4.28. The van der Waals surface area contributed by atoms with Crippen molar-refractivity contribution in [3.8, 4) is 0 Å². The highest BCUT2D eigenvalue weighted by molar-refractivity contribution is 6.09. The Morgan fingerprint density at radius 3 is 2.47 bits per heavy atom. The minimum absolute atomic E-state index is 0.00639. The fraction of sp³-hybridized carbons (Fsp3) is 0.700. The number of carboxylic acids is 1. The summed E-state index contributed by atoms with van der Waals surface area (Å²) in [5, 5.41) is 8.51. The molecule has 2 aliphatic rings. The van der Waals surface area contributed by atoms with Gasteiger partial charge in [-0.2, -0.15) is 0 Å². The van der Waals surface area contributed by atoms with Gasteiger partial charge in [-0.15, -0.1) is 0 Å². The summed E-state index contributed by atoms with van der Waals surface area (Å²) in [6, 6.07) is -0.283. The first-order chi connectivity index (χ1) is 7.02. The lowest BCUT2D eigenvalue weighted by Gasteiger charge is -2.23. The van der Waals surface area contributed by atoms with Gasteiger partial charge in [0.2, 0.25) is 11.8 Å². The zero-order valence-corrected chi connectivity index (χ0v) is 8.47. The van der Waals surface area contributed by atoms with Gasteiger partial charge in [0.15, 0.2) is 0 Å². The largest absolute Gasteiger partial charge is 0.481 e. The fourth-order valence-corrected chi connectivity index (χ4v) is 2.10. The van der Waals surface area contributed by atoms with Gasteiger partial charge in [0.25, 0.3) is 0 Å². The Bertz CT molecular complexity index is 318.